The van der Waals surface area contributed by atoms with Crippen LogP contribution in [0.25, 0.3) is 0 Å². The van der Waals surface area contributed by atoms with Gasteiger partial charge in [-0.05, 0) is 6.07 Å². The molecule has 0 radical (unpaired) electrons. The zero-order valence-electron chi connectivity index (χ0n) is 9.21. The van der Waals surface area contributed by atoms with E-state index in [1.807, 2.05) is 4.98 Å². The minimum absolute atomic E-state index is 0.238. The SMILES string of the molecule is O=c1cc(Cl)n(Cc2cc(F)c(F)cc2F)c(=O)[nH]1. The average Bonchev–Trinajstić information content (AvgIpc) is 2.29. The number of H-pyrrole nitrogens is 1. The van der Waals surface area contributed by atoms with Crippen LogP contribution in [0.5, 0.6) is 0 Å². The molecule has 0 fully saturated rings. The van der Waals surface area contributed by atoms with Gasteiger partial charge in [0.2, 0.25) is 0 Å². The third-order valence-corrected chi connectivity index (χ3v) is 2.71. The summed E-state index contributed by atoms with van der Waals surface area (Å²) in [5.41, 5.74) is -1.85. The van der Waals surface area contributed by atoms with E-state index >= 15 is 0 Å². The standard InChI is InChI=1S/C11H6ClF3N2O2/c12-9-3-10(18)16-11(19)17(9)4-5-1-7(14)8(15)2-6(5)13/h1-3H,4H2,(H,16,18,19). The first-order valence-corrected chi connectivity index (χ1v) is 5.39. The van der Waals surface area contributed by atoms with Gasteiger partial charge in [-0.2, -0.15) is 0 Å². The van der Waals surface area contributed by atoms with Gasteiger partial charge in [0.05, 0.1) is 6.54 Å². The lowest BCUT2D eigenvalue weighted by Gasteiger charge is -2.08. The van der Waals surface area contributed by atoms with Crippen LogP contribution in [-0.4, -0.2) is 9.55 Å². The van der Waals surface area contributed by atoms with Crippen LogP contribution in [0, 0.1) is 17.5 Å². The zero-order valence-corrected chi connectivity index (χ0v) is 9.97. The van der Waals surface area contributed by atoms with E-state index in [-0.39, 0.29) is 10.7 Å². The Balaban J connectivity index is 2.51. The zero-order chi connectivity index (χ0) is 14.2. The van der Waals surface area contributed by atoms with Gasteiger partial charge in [0.15, 0.2) is 11.6 Å². The molecule has 0 spiro atoms. The van der Waals surface area contributed by atoms with Crippen LogP contribution in [0.3, 0.4) is 0 Å². The van der Waals surface area contributed by atoms with E-state index in [0.29, 0.717) is 12.1 Å². The number of nitrogens with zero attached hydrogens (tertiary/aromatic N) is 1. The summed E-state index contributed by atoms with van der Waals surface area (Å²) in [5.74, 6) is -3.60. The molecule has 0 saturated carbocycles. The highest BCUT2D eigenvalue weighted by molar-refractivity contribution is 6.29. The Morgan fingerprint density at radius 3 is 2.32 bits per heavy atom. The minimum atomic E-state index is -1.33. The van der Waals surface area contributed by atoms with Crippen molar-refractivity contribution >= 4 is 11.6 Å². The number of hydrogen-bond acceptors (Lipinski definition) is 2. The summed E-state index contributed by atoms with van der Waals surface area (Å²) in [6, 6.07) is 1.91. The molecule has 2 aromatic rings. The van der Waals surface area contributed by atoms with E-state index in [9.17, 15) is 22.8 Å². The minimum Gasteiger partial charge on any atom is -0.279 e. The van der Waals surface area contributed by atoms with Gasteiger partial charge >= 0.3 is 5.69 Å². The molecule has 0 atom stereocenters. The second kappa shape index (κ2) is 4.93. The van der Waals surface area contributed by atoms with E-state index in [0.717, 1.165) is 10.6 Å². The van der Waals surface area contributed by atoms with Crippen molar-refractivity contribution in [1.29, 1.82) is 0 Å². The lowest BCUT2D eigenvalue weighted by molar-refractivity contribution is 0.487. The van der Waals surface area contributed by atoms with Gasteiger partial charge < -0.3 is 0 Å². The topological polar surface area (TPSA) is 54.9 Å². The molecule has 0 saturated heterocycles. The largest absolute Gasteiger partial charge is 0.329 e. The Bertz CT molecular complexity index is 755. The average molecular weight is 291 g/mol. The molecule has 1 N–H and O–H groups in total. The molecule has 0 aliphatic heterocycles. The second-order valence-corrected chi connectivity index (χ2v) is 4.09. The first-order chi connectivity index (χ1) is 8.88. The predicted molar refractivity (Wildman–Crippen MR) is 61.8 cm³/mol. The van der Waals surface area contributed by atoms with Crippen molar-refractivity contribution in [3.8, 4) is 0 Å². The summed E-state index contributed by atoms with van der Waals surface area (Å²) in [6.45, 7) is -0.433. The molecule has 19 heavy (non-hydrogen) atoms. The molecular formula is C11H6ClF3N2O2. The molecule has 0 aliphatic rings. The van der Waals surface area contributed by atoms with E-state index in [1.165, 1.54) is 0 Å². The molecular weight excluding hydrogens is 285 g/mol. The fourth-order valence-electron chi connectivity index (χ4n) is 1.49. The van der Waals surface area contributed by atoms with Crippen LogP contribution in [0.4, 0.5) is 13.2 Å². The fourth-order valence-corrected chi connectivity index (χ4v) is 1.73. The van der Waals surface area contributed by atoms with Crippen molar-refractivity contribution < 1.29 is 13.2 Å². The molecule has 0 bridgehead atoms. The highest BCUT2D eigenvalue weighted by Gasteiger charge is 2.12. The van der Waals surface area contributed by atoms with Crippen LogP contribution in [-0.2, 0) is 6.54 Å². The first kappa shape index (κ1) is 13.4. The van der Waals surface area contributed by atoms with Gasteiger partial charge in [-0.3, -0.25) is 14.3 Å². The first-order valence-electron chi connectivity index (χ1n) is 5.01. The Hall–Kier alpha value is -2.02. The van der Waals surface area contributed by atoms with Crippen molar-refractivity contribution in [2.45, 2.75) is 6.54 Å². The number of nitrogens with one attached hydrogen (secondary N) is 1. The van der Waals surface area contributed by atoms with E-state index in [2.05, 4.69) is 0 Å². The third kappa shape index (κ3) is 2.70. The predicted octanol–water partition coefficient (Wildman–Crippen LogP) is 1.66. The summed E-state index contributed by atoms with van der Waals surface area (Å²) in [6.07, 6.45) is 0. The Morgan fingerprint density at radius 1 is 1.05 bits per heavy atom. The van der Waals surface area contributed by atoms with Crippen LogP contribution in [0.15, 0.2) is 27.8 Å². The summed E-state index contributed by atoms with van der Waals surface area (Å²) in [7, 11) is 0. The molecule has 1 aromatic carbocycles. The lowest BCUT2D eigenvalue weighted by atomic mass is 10.2. The number of rotatable bonds is 2. The van der Waals surface area contributed by atoms with Crippen molar-refractivity contribution in [3.05, 3.63) is 67.2 Å². The quantitative estimate of drug-likeness (QED) is 0.675. The number of benzene rings is 1. The molecule has 4 nitrogen and oxygen atoms in total. The lowest BCUT2D eigenvalue weighted by Crippen LogP contribution is -2.30. The Labute approximate surface area is 109 Å². The number of halogens is 4. The van der Waals surface area contributed by atoms with Crippen molar-refractivity contribution in [1.82, 2.24) is 9.55 Å². The number of aromatic nitrogens is 2. The van der Waals surface area contributed by atoms with Crippen LogP contribution >= 0.6 is 11.6 Å². The Kier molecular flexibility index (Phi) is 3.48. The monoisotopic (exact) mass is 290 g/mol. The molecule has 8 heteroatoms. The van der Waals surface area contributed by atoms with Gasteiger partial charge in [-0.25, -0.2) is 18.0 Å². The maximum Gasteiger partial charge on any atom is 0.329 e. The van der Waals surface area contributed by atoms with Gasteiger partial charge in [-0.1, -0.05) is 11.6 Å². The number of aromatic amines is 1. The highest BCUT2D eigenvalue weighted by atomic mass is 35.5. The maximum atomic E-state index is 13.4. The third-order valence-electron chi connectivity index (χ3n) is 2.40. The van der Waals surface area contributed by atoms with E-state index in [4.69, 9.17) is 11.6 Å². The molecule has 0 unspecified atom stereocenters. The van der Waals surface area contributed by atoms with Gasteiger partial charge in [0, 0.05) is 17.7 Å². The molecule has 0 amide bonds. The Morgan fingerprint density at radius 2 is 1.68 bits per heavy atom. The molecule has 0 aliphatic carbocycles. The molecule has 100 valence electrons. The fraction of sp³-hybridized carbons (Fsp3) is 0.0909. The van der Waals surface area contributed by atoms with E-state index < -0.39 is 35.2 Å². The molecule has 2 rings (SSSR count). The summed E-state index contributed by atoms with van der Waals surface area (Å²) < 4.78 is 40.0. The normalized spacial score (nSPS) is 10.7. The van der Waals surface area contributed by atoms with Gasteiger partial charge in [0.1, 0.15) is 11.0 Å². The maximum absolute atomic E-state index is 13.4. The van der Waals surface area contributed by atoms with Crippen molar-refractivity contribution in [2.24, 2.45) is 0 Å². The highest BCUT2D eigenvalue weighted by Crippen LogP contribution is 2.15. The molecule has 1 heterocycles. The molecule has 1 aromatic heterocycles. The van der Waals surface area contributed by atoms with Crippen molar-refractivity contribution in [2.75, 3.05) is 0 Å². The van der Waals surface area contributed by atoms with Crippen LogP contribution in [0.1, 0.15) is 5.56 Å². The van der Waals surface area contributed by atoms with Gasteiger partial charge in [-0.15, -0.1) is 0 Å². The smallest absolute Gasteiger partial charge is 0.279 e. The summed E-state index contributed by atoms with van der Waals surface area (Å²) in [5, 5.41) is -0.238. The van der Waals surface area contributed by atoms with Crippen molar-refractivity contribution in [3.63, 3.8) is 0 Å². The van der Waals surface area contributed by atoms with E-state index in [1.54, 1.807) is 0 Å². The summed E-state index contributed by atoms with van der Waals surface area (Å²) >= 11 is 5.66. The van der Waals surface area contributed by atoms with Crippen LogP contribution < -0.4 is 11.2 Å². The van der Waals surface area contributed by atoms with Crippen LogP contribution in [0.2, 0.25) is 5.15 Å². The second-order valence-electron chi connectivity index (χ2n) is 3.71. The van der Waals surface area contributed by atoms with Gasteiger partial charge in [0.25, 0.3) is 5.56 Å². The number of hydrogen-bond donors (Lipinski definition) is 1. The summed E-state index contributed by atoms with van der Waals surface area (Å²) in [4.78, 5) is 24.3.